The third-order valence-electron chi connectivity index (χ3n) is 0.500. The molecule has 56 valence electrons. The van der Waals surface area contributed by atoms with Gasteiger partial charge in [-0.15, -0.1) is 0 Å². The maximum atomic E-state index is 8.98. The number of halogens is 2. The molecule has 0 amide bonds. The molecule has 0 aliphatic heterocycles. The number of nitrogens with one attached hydrogen (secondary N) is 1. The van der Waals surface area contributed by atoms with E-state index in [1.54, 1.807) is 0 Å². The Balaban J connectivity index is 0. The quantitative estimate of drug-likeness (QED) is 0.647. The van der Waals surface area contributed by atoms with E-state index in [4.69, 9.17) is 4.79 Å². The molecule has 0 bridgehead atoms. The lowest BCUT2D eigenvalue weighted by molar-refractivity contribution is 0.275. The lowest BCUT2D eigenvalue weighted by Gasteiger charge is -1.86. The van der Waals surface area contributed by atoms with Crippen LogP contribution in [0.4, 0.5) is 4.79 Å². The van der Waals surface area contributed by atoms with Crippen LogP contribution in [0.1, 0.15) is 13.8 Å². The minimum Gasteiger partial charge on any atom is -0.317 e. The molecule has 0 spiro atoms. The van der Waals surface area contributed by atoms with E-state index < -0.39 is 4.70 Å². The van der Waals surface area contributed by atoms with Gasteiger partial charge in [0, 0.05) is 0 Å². The average molecular weight is 172 g/mol. The molecule has 0 radical (unpaired) electrons. The van der Waals surface area contributed by atoms with Crippen molar-refractivity contribution in [2.24, 2.45) is 0 Å². The van der Waals surface area contributed by atoms with Crippen LogP contribution < -0.4 is 5.32 Å². The van der Waals surface area contributed by atoms with E-state index in [0.717, 1.165) is 13.1 Å². The van der Waals surface area contributed by atoms with Crippen molar-refractivity contribution in [1.29, 1.82) is 0 Å². The van der Waals surface area contributed by atoms with Gasteiger partial charge in [0.1, 0.15) is 0 Å². The molecular formula is C5H11Cl2NO. The molecule has 0 saturated heterocycles. The molecule has 0 aliphatic rings. The molecule has 0 aromatic carbocycles. The summed E-state index contributed by atoms with van der Waals surface area (Å²) in [5.41, 5.74) is 0. The Labute approximate surface area is 65.5 Å². The summed E-state index contributed by atoms with van der Waals surface area (Å²) in [5, 5.41) is 3.11. The molecule has 0 heterocycles. The maximum Gasteiger partial charge on any atom is 0.313 e. The number of carbonyl (C=O) groups is 1. The minimum absolute atomic E-state index is 0.889. The number of rotatable bonds is 2. The van der Waals surface area contributed by atoms with Gasteiger partial charge in [-0.25, -0.2) is 0 Å². The van der Waals surface area contributed by atoms with Crippen molar-refractivity contribution in [2.45, 2.75) is 13.8 Å². The standard InChI is InChI=1S/C4H11N.CCl2O/c1-3-5-4-2;2-1(3)4/h5H,3-4H2,1-2H3;. The molecule has 0 aliphatic carbocycles. The van der Waals surface area contributed by atoms with E-state index >= 15 is 0 Å². The van der Waals surface area contributed by atoms with Gasteiger partial charge < -0.3 is 5.32 Å². The summed E-state index contributed by atoms with van der Waals surface area (Å²) in [7, 11) is 0. The summed E-state index contributed by atoms with van der Waals surface area (Å²) in [6.07, 6.45) is 0. The van der Waals surface area contributed by atoms with Crippen molar-refractivity contribution in [3.63, 3.8) is 0 Å². The van der Waals surface area contributed by atoms with Crippen molar-refractivity contribution in [2.75, 3.05) is 13.1 Å². The van der Waals surface area contributed by atoms with Crippen LogP contribution in [-0.2, 0) is 0 Å². The molecular weight excluding hydrogens is 161 g/mol. The van der Waals surface area contributed by atoms with Gasteiger partial charge in [-0.05, 0) is 36.3 Å². The van der Waals surface area contributed by atoms with Crippen LogP contribution in [-0.4, -0.2) is 17.8 Å². The molecule has 0 unspecified atom stereocenters. The smallest absolute Gasteiger partial charge is 0.313 e. The Morgan fingerprint density at radius 3 is 1.56 bits per heavy atom. The van der Waals surface area contributed by atoms with E-state index in [0.29, 0.717) is 0 Å². The Morgan fingerprint density at radius 1 is 1.33 bits per heavy atom. The fourth-order valence-corrected chi connectivity index (χ4v) is 0.250. The summed E-state index contributed by atoms with van der Waals surface area (Å²) >= 11 is 8.80. The fourth-order valence-electron chi connectivity index (χ4n) is 0.250. The average Bonchev–Trinajstić information content (AvgIpc) is 1.66. The van der Waals surface area contributed by atoms with Crippen molar-refractivity contribution in [3.05, 3.63) is 0 Å². The Hall–Kier alpha value is 0.210. The first kappa shape index (κ1) is 11.9. The van der Waals surface area contributed by atoms with Crippen molar-refractivity contribution >= 4 is 27.9 Å². The fraction of sp³-hybridized carbons (Fsp3) is 0.800. The number of carbonyl (C=O) groups excluding carboxylic acids is 1. The van der Waals surface area contributed by atoms with Crippen molar-refractivity contribution in [3.8, 4) is 0 Å². The topological polar surface area (TPSA) is 29.1 Å². The number of hydrogen-bond donors (Lipinski definition) is 1. The third-order valence-corrected chi connectivity index (χ3v) is 0.500. The molecule has 9 heavy (non-hydrogen) atoms. The van der Waals surface area contributed by atoms with Crippen LogP contribution in [0.5, 0.6) is 0 Å². The second-order valence-corrected chi connectivity index (χ2v) is 2.06. The molecule has 1 N–H and O–H groups in total. The molecule has 0 aromatic rings. The highest BCUT2D eigenvalue weighted by Crippen LogP contribution is 1.84. The zero-order chi connectivity index (χ0) is 7.70. The summed E-state index contributed by atoms with van der Waals surface area (Å²) in [4.78, 5) is 8.98. The summed E-state index contributed by atoms with van der Waals surface area (Å²) in [6.45, 7) is 6.39. The van der Waals surface area contributed by atoms with Gasteiger partial charge in [-0.1, -0.05) is 13.8 Å². The first-order valence-electron chi connectivity index (χ1n) is 2.70. The minimum atomic E-state index is -0.889. The first-order chi connectivity index (χ1) is 4.15. The normalized spacial score (nSPS) is 7.56. The zero-order valence-electron chi connectivity index (χ0n) is 5.58. The molecule has 0 atom stereocenters. The van der Waals surface area contributed by atoms with Gasteiger partial charge in [0.05, 0.1) is 0 Å². The van der Waals surface area contributed by atoms with Crippen molar-refractivity contribution in [1.82, 2.24) is 5.32 Å². The Kier molecular flexibility index (Phi) is 14.7. The van der Waals surface area contributed by atoms with Crippen LogP contribution in [0.3, 0.4) is 0 Å². The molecule has 0 rings (SSSR count). The second-order valence-electron chi connectivity index (χ2n) is 1.18. The van der Waals surface area contributed by atoms with E-state index in [9.17, 15) is 0 Å². The molecule has 0 fully saturated rings. The van der Waals surface area contributed by atoms with E-state index in [-0.39, 0.29) is 0 Å². The van der Waals surface area contributed by atoms with Crippen LogP contribution in [0, 0.1) is 0 Å². The first-order valence-corrected chi connectivity index (χ1v) is 3.46. The van der Waals surface area contributed by atoms with Crippen LogP contribution in [0.25, 0.3) is 0 Å². The van der Waals surface area contributed by atoms with Crippen molar-refractivity contribution < 1.29 is 4.79 Å². The molecule has 4 heteroatoms. The third kappa shape index (κ3) is 64.8. The van der Waals surface area contributed by atoms with Gasteiger partial charge >= 0.3 is 4.70 Å². The Morgan fingerprint density at radius 2 is 1.56 bits per heavy atom. The van der Waals surface area contributed by atoms with Crippen LogP contribution >= 0.6 is 23.2 Å². The van der Waals surface area contributed by atoms with E-state index in [1.807, 2.05) is 0 Å². The monoisotopic (exact) mass is 171 g/mol. The van der Waals surface area contributed by atoms with Crippen LogP contribution in [0.2, 0.25) is 0 Å². The lowest BCUT2D eigenvalue weighted by Crippen LogP contribution is -2.09. The molecule has 0 aromatic heterocycles. The highest BCUT2D eigenvalue weighted by atomic mass is 35.5. The maximum absolute atomic E-state index is 8.98. The second kappa shape index (κ2) is 11.1. The van der Waals surface area contributed by atoms with Gasteiger partial charge in [0.2, 0.25) is 0 Å². The van der Waals surface area contributed by atoms with Gasteiger partial charge in [0.15, 0.2) is 0 Å². The van der Waals surface area contributed by atoms with E-state index in [2.05, 4.69) is 42.4 Å². The van der Waals surface area contributed by atoms with Gasteiger partial charge in [0.25, 0.3) is 0 Å². The molecule has 0 saturated carbocycles. The highest BCUT2D eigenvalue weighted by molar-refractivity contribution is 6.93. The molecule has 2 nitrogen and oxygen atoms in total. The zero-order valence-corrected chi connectivity index (χ0v) is 7.09. The SMILES string of the molecule is CCNCC.O=C(Cl)Cl. The Bertz CT molecular complexity index is 62.0. The summed E-state index contributed by atoms with van der Waals surface area (Å²) in [5.74, 6) is 0. The summed E-state index contributed by atoms with van der Waals surface area (Å²) < 4.78 is -0.889. The summed E-state index contributed by atoms with van der Waals surface area (Å²) in [6, 6.07) is 0. The van der Waals surface area contributed by atoms with E-state index in [1.165, 1.54) is 0 Å². The number of hydrogen-bond acceptors (Lipinski definition) is 2. The highest BCUT2D eigenvalue weighted by Gasteiger charge is 1.72. The lowest BCUT2D eigenvalue weighted by atomic mass is 10.7. The predicted molar refractivity (Wildman–Crippen MR) is 41.3 cm³/mol. The van der Waals surface area contributed by atoms with Gasteiger partial charge in [-0.2, -0.15) is 0 Å². The largest absolute Gasteiger partial charge is 0.317 e. The van der Waals surface area contributed by atoms with Gasteiger partial charge in [-0.3, -0.25) is 4.79 Å². The van der Waals surface area contributed by atoms with Crippen LogP contribution in [0.15, 0.2) is 0 Å². The predicted octanol–water partition coefficient (Wildman–Crippen LogP) is 2.20.